The van der Waals surface area contributed by atoms with Crippen molar-refractivity contribution in [3.8, 4) is 11.1 Å². The zero-order valence-electron chi connectivity index (χ0n) is 36.1. The highest BCUT2D eigenvalue weighted by molar-refractivity contribution is 5.98. The molecule has 15 nitrogen and oxygen atoms in total. The van der Waals surface area contributed by atoms with Crippen molar-refractivity contribution in [3.05, 3.63) is 167 Å². The number of benzene rings is 5. The van der Waals surface area contributed by atoms with Crippen LogP contribution in [0.3, 0.4) is 0 Å². The van der Waals surface area contributed by atoms with E-state index >= 15 is 0 Å². The van der Waals surface area contributed by atoms with Gasteiger partial charge in [0.1, 0.15) is 36.1 Å². The summed E-state index contributed by atoms with van der Waals surface area (Å²) >= 11 is 0. The third kappa shape index (κ3) is 11.3. The Hall–Kier alpha value is -7.65. The number of ether oxygens (including phenoxy) is 2. The summed E-state index contributed by atoms with van der Waals surface area (Å²) < 4.78 is 10.6. The maximum Gasteiger partial charge on any atom is 0.407 e. The number of rotatable bonds is 19. The van der Waals surface area contributed by atoms with E-state index in [2.05, 4.69) is 26.6 Å². The van der Waals surface area contributed by atoms with Crippen molar-refractivity contribution in [2.45, 2.75) is 62.4 Å². The van der Waals surface area contributed by atoms with Gasteiger partial charge in [0.2, 0.25) is 23.6 Å². The molecule has 65 heavy (non-hydrogen) atoms. The lowest BCUT2D eigenvalue weighted by Crippen LogP contribution is -2.60. The van der Waals surface area contributed by atoms with Crippen molar-refractivity contribution >= 4 is 41.5 Å². The minimum absolute atomic E-state index is 0.126. The van der Waals surface area contributed by atoms with Crippen LogP contribution in [0.4, 0.5) is 4.79 Å². The van der Waals surface area contributed by atoms with E-state index < -0.39 is 84.1 Å². The van der Waals surface area contributed by atoms with Crippen molar-refractivity contribution < 1.29 is 48.1 Å². The van der Waals surface area contributed by atoms with E-state index in [9.17, 15) is 38.7 Å². The fourth-order valence-electron chi connectivity index (χ4n) is 7.93. The Labute approximate surface area is 376 Å². The van der Waals surface area contributed by atoms with Crippen LogP contribution >= 0.6 is 0 Å². The highest BCUT2D eigenvalue weighted by Crippen LogP contribution is 2.44. The molecule has 6 rings (SSSR count). The average Bonchev–Trinajstić information content (AvgIpc) is 3.64. The number of aliphatic hydroxyl groups excluding tert-OH is 1. The van der Waals surface area contributed by atoms with Crippen LogP contribution in [-0.2, 0) is 43.8 Å². The molecule has 0 radical (unpaired) electrons. The molecule has 0 spiro atoms. The third-order valence-corrected chi connectivity index (χ3v) is 11.1. The first-order chi connectivity index (χ1) is 31.3. The SMILES string of the molecule is COC(=O)CC(NC(=O)C(CC(=O)NC(c1ccccc1)(c1ccccc1)c1ccccc1)NC(=O)OCC1c2ccccc2-c2ccccc21)C(=O)NC(C(=O)NCC(C)=O)C(C)O. The van der Waals surface area contributed by atoms with Gasteiger partial charge in [-0.1, -0.05) is 140 Å². The van der Waals surface area contributed by atoms with Crippen LogP contribution in [0.1, 0.15) is 60.4 Å². The number of carbonyl (C=O) groups is 7. The van der Waals surface area contributed by atoms with Gasteiger partial charge in [0.15, 0.2) is 0 Å². The van der Waals surface area contributed by atoms with Crippen LogP contribution < -0.4 is 26.6 Å². The first-order valence-corrected chi connectivity index (χ1v) is 21.0. The fourth-order valence-corrected chi connectivity index (χ4v) is 7.93. The molecule has 4 unspecified atom stereocenters. The van der Waals surface area contributed by atoms with Gasteiger partial charge >= 0.3 is 12.1 Å². The molecule has 0 bridgehead atoms. The summed E-state index contributed by atoms with van der Waals surface area (Å²) in [4.78, 5) is 93.7. The Kier molecular flexibility index (Phi) is 15.6. The summed E-state index contributed by atoms with van der Waals surface area (Å²) in [6, 6.07) is 38.1. The number of hydrogen-bond acceptors (Lipinski definition) is 10. The van der Waals surface area contributed by atoms with Gasteiger partial charge in [-0.3, -0.25) is 28.8 Å². The molecule has 5 aromatic carbocycles. The van der Waals surface area contributed by atoms with Crippen LogP contribution in [0, 0.1) is 0 Å². The molecule has 0 aromatic heterocycles. The van der Waals surface area contributed by atoms with E-state index in [1.807, 2.05) is 140 Å². The first-order valence-electron chi connectivity index (χ1n) is 21.0. The fraction of sp³-hybridized carbons (Fsp3) is 0.260. The van der Waals surface area contributed by atoms with Crippen LogP contribution in [0.15, 0.2) is 140 Å². The van der Waals surface area contributed by atoms with Gasteiger partial charge in [0, 0.05) is 5.92 Å². The number of Topliss-reactive ketones (excluding diaryl/α,β-unsaturated/α-hetero) is 1. The van der Waals surface area contributed by atoms with Crippen LogP contribution in [0.25, 0.3) is 11.1 Å². The molecule has 1 aliphatic rings. The van der Waals surface area contributed by atoms with Crippen molar-refractivity contribution in [3.63, 3.8) is 0 Å². The molecular weight excluding hydrogens is 831 g/mol. The summed E-state index contributed by atoms with van der Waals surface area (Å²) in [5, 5.41) is 23.2. The average molecular weight is 882 g/mol. The summed E-state index contributed by atoms with van der Waals surface area (Å²) in [5.74, 6) is -5.43. The number of alkyl carbamates (subject to hydrolysis) is 1. The van der Waals surface area contributed by atoms with Gasteiger partial charge in [0.05, 0.1) is 32.6 Å². The molecule has 15 heteroatoms. The Morgan fingerprint density at radius 3 is 1.55 bits per heavy atom. The van der Waals surface area contributed by atoms with Gasteiger partial charge in [-0.05, 0) is 52.8 Å². The van der Waals surface area contributed by atoms with Crippen LogP contribution in [0.2, 0.25) is 0 Å². The second kappa shape index (κ2) is 21.6. The molecule has 5 amide bonds. The third-order valence-electron chi connectivity index (χ3n) is 11.1. The van der Waals surface area contributed by atoms with E-state index in [1.165, 1.54) is 13.8 Å². The maximum absolute atomic E-state index is 14.6. The van der Waals surface area contributed by atoms with Crippen LogP contribution in [0.5, 0.6) is 0 Å². The van der Waals surface area contributed by atoms with Gasteiger partial charge in [-0.2, -0.15) is 0 Å². The first kappa shape index (κ1) is 46.8. The zero-order valence-corrected chi connectivity index (χ0v) is 36.1. The number of hydrogen-bond donors (Lipinski definition) is 6. The molecule has 6 N–H and O–H groups in total. The van der Waals surface area contributed by atoms with E-state index in [-0.39, 0.29) is 19.1 Å². The van der Waals surface area contributed by atoms with Crippen molar-refractivity contribution in [2.75, 3.05) is 20.3 Å². The van der Waals surface area contributed by atoms with Gasteiger partial charge in [-0.25, -0.2) is 4.79 Å². The van der Waals surface area contributed by atoms with E-state index in [4.69, 9.17) is 9.47 Å². The van der Waals surface area contributed by atoms with Gasteiger partial charge < -0.3 is 41.2 Å². The minimum Gasteiger partial charge on any atom is -0.469 e. The normalized spacial score (nSPS) is 13.6. The molecule has 0 fully saturated rings. The Balaban J connectivity index is 1.31. The Bertz CT molecular complexity index is 2360. The van der Waals surface area contributed by atoms with Crippen molar-refractivity contribution in [2.24, 2.45) is 0 Å². The molecule has 5 aromatic rings. The number of esters is 1. The maximum atomic E-state index is 14.6. The number of carbonyl (C=O) groups excluding carboxylic acids is 7. The van der Waals surface area contributed by atoms with E-state index in [0.29, 0.717) is 16.7 Å². The summed E-state index contributed by atoms with van der Waals surface area (Å²) in [6.07, 6.45) is -3.98. The predicted molar refractivity (Wildman–Crippen MR) is 240 cm³/mol. The quantitative estimate of drug-likeness (QED) is 0.0517. The molecule has 0 heterocycles. The Morgan fingerprint density at radius 2 is 1.08 bits per heavy atom. The summed E-state index contributed by atoms with van der Waals surface area (Å²) in [6.45, 7) is 1.95. The number of ketones is 1. The molecule has 4 atom stereocenters. The highest BCUT2D eigenvalue weighted by Gasteiger charge is 2.40. The molecular formula is C50H51N5O10. The Morgan fingerprint density at radius 1 is 0.615 bits per heavy atom. The smallest absolute Gasteiger partial charge is 0.407 e. The lowest BCUT2D eigenvalue weighted by molar-refractivity contribution is -0.144. The monoisotopic (exact) mass is 881 g/mol. The number of amides is 5. The largest absolute Gasteiger partial charge is 0.469 e. The lowest BCUT2D eigenvalue weighted by Gasteiger charge is -2.37. The van der Waals surface area contributed by atoms with Crippen LogP contribution in [-0.4, -0.2) is 91.1 Å². The second-order valence-electron chi connectivity index (χ2n) is 15.6. The zero-order chi connectivity index (χ0) is 46.5. The van der Waals surface area contributed by atoms with Gasteiger partial charge in [-0.15, -0.1) is 0 Å². The van der Waals surface area contributed by atoms with Gasteiger partial charge in [0.25, 0.3) is 0 Å². The molecule has 0 saturated heterocycles. The number of aliphatic hydroxyl groups is 1. The predicted octanol–water partition coefficient (Wildman–Crippen LogP) is 4.01. The highest BCUT2D eigenvalue weighted by atomic mass is 16.5. The number of fused-ring (bicyclic) bond motifs is 3. The van der Waals surface area contributed by atoms with E-state index in [0.717, 1.165) is 29.4 Å². The standard InChI is InChI=1S/C50H51N5O10/c1-31(56)29-51-48(62)45(32(2)57)54-47(61)42(28-44(59)64-3)52-46(60)41(53-49(63)65-30-40-38-25-15-13-23-36(38)37-24-14-16-26-39(37)40)27-43(58)55-50(33-17-7-4-8-18-33,34-19-9-5-10-20-34)35-21-11-6-12-22-35/h4-26,32,40-42,45,57H,27-30H2,1-3H3,(H,51,62)(H,52,60)(H,53,63)(H,54,61)(H,55,58). The lowest BCUT2D eigenvalue weighted by atomic mass is 9.77. The molecule has 336 valence electrons. The number of nitrogens with one attached hydrogen (secondary N) is 5. The second-order valence-corrected chi connectivity index (χ2v) is 15.6. The molecule has 0 saturated carbocycles. The minimum atomic E-state index is -1.75. The summed E-state index contributed by atoms with van der Waals surface area (Å²) in [7, 11) is 1.07. The summed E-state index contributed by atoms with van der Waals surface area (Å²) in [5.41, 5.74) is 4.62. The van der Waals surface area contributed by atoms with Crippen molar-refractivity contribution in [1.82, 2.24) is 26.6 Å². The molecule has 0 aliphatic heterocycles. The number of methoxy groups -OCH3 is 1. The molecule has 1 aliphatic carbocycles. The topological polar surface area (TPSA) is 218 Å². The van der Waals surface area contributed by atoms with E-state index in [1.54, 1.807) is 0 Å². The van der Waals surface area contributed by atoms with Crippen molar-refractivity contribution in [1.29, 1.82) is 0 Å².